The molecule has 0 aliphatic carbocycles. The molecule has 0 aromatic carbocycles. The second-order valence-electron chi connectivity index (χ2n) is 6.39. The topological polar surface area (TPSA) is 29.3 Å². The zero-order valence-corrected chi connectivity index (χ0v) is 14.3. The Morgan fingerprint density at radius 2 is 2.06 bits per heavy atom. The van der Waals surface area contributed by atoms with Crippen LogP contribution < -0.4 is 5.73 Å². The number of likely N-dealkylation sites (N-methyl/N-ethyl adjacent to an activating group) is 1. The van der Waals surface area contributed by atoms with Gasteiger partial charge in [0.05, 0.1) is 0 Å². The summed E-state index contributed by atoms with van der Waals surface area (Å²) in [4.78, 5) is 2.59. The lowest BCUT2D eigenvalue weighted by Gasteiger charge is -2.51. The van der Waals surface area contributed by atoms with Gasteiger partial charge in [-0.05, 0) is 37.3 Å². The molecule has 0 radical (unpaired) electrons. The molecule has 1 fully saturated rings. The molecule has 1 saturated heterocycles. The van der Waals surface area contributed by atoms with E-state index in [1.165, 1.54) is 30.1 Å². The van der Waals surface area contributed by atoms with Gasteiger partial charge in [-0.3, -0.25) is 4.90 Å². The van der Waals surface area contributed by atoms with E-state index in [0.717, 1.165) is 6.54 Å². The maximum absolute atomic E-state index is 6.19. The molecule has 0 aromatic rings. The van der Waals surface area contributed by atoms with Crippen molar-refractivity contribution in [3.63, 3.8) is 0 Å². The van der Waals surface area contributed by atoms with Crippen LogP contribution in [-0.2, 0) is 0 Å². The van der Waals surface area contributed by atoms with E-state index in [4.69, 9.17) is 5.73 Å². The van der Waals surface area contributed by atoms with Gasteiger partial charge in [-0.1, -0.05) is 20.8 Å². The van der Waals surface area contributed by atoms with Crippen molar-refractivity contribution in [3.05, 3.63) is 0 Å². The summed E-state index contributed by atoms with van der Waals surface area (Å²) in [6.07, 6.45) is 4.64. The number of hydrogen-bond donors (Lipinski definition) is 1. The molecule has 0 spiro atoms. The molecule has 108 valence electrons. The van der Waals surface area contributed by atoms with Crippen LogP contribution >= 0.6 is 23.5 Å². The third-order valence-corrected chi connectivity index (χ3v) is 6.62. The highest BCUT2D eigenvalue weighted by Gasteiger charge is 2.43. The fourth-order valence-electron chi connectivity index (χ4n) is 3.09. The number of nitrogens with zero attached hydrogens (tertiary/aromatic N) is 1. The van der Waals surface area contributed by atoms with E-state index >= 15 is 0 Å². The van der Waals surface area contributed by atoms with Gasteiger partial charge in [0.15, 0.2) is 0 Å². The molecule has 0 amide bonds. The predicted octanol–water partition coefficient (Wildman–Crippen LogP) is 2.92. The normalized spacial score (nSPS) is 29.5. The molecule has 1 heterocycles. The number of thioether (sulfide) groups is 2. The molecule has 1 aliphatic heterocycles. The van der Waals surface area contributed by atoms with Gasteiger partial charge < -0.3 is 5.73 Å². The summed E-state index contributed by atoms with van der Waals surface area (Å²) < 4.78 is 0. The summed E-state index contributed by atoms with van der Waals surface area (Å²) in [6, 6.07) is 0.651. The van der Waals surface area contributed by atoms with E-state index in [1.54, 1.807) is 0 Å². The lowest BCUT2D eigenvalue weighted by Crippen LogP contribution is -2.61. The molecular weight excluding hydrogens is 260 g/mol. The van der Waals surface area contributed by atoms with Crippen molar-refractivity contribution in [3.8, 4) is 0 Å². The summed E-state index contributed by atoms with van der Waals surface area (Å²) in [5.41, 5.74) is 6.80. The first-order valence-corrected chi connectivity index (χ1v) is 9.45. The van der Waals surface area contributed by atoms with Gasteiger partial charge in [0, 0.05) is 29.6 Å². The van der Waals surface area contributed by atoms with Crippen LogP contribution in [0.25, 0.3) is 0 Å². The minimum absolute atomic E-state index is 0.197. The van der Waals surface area contributed by atoms with Crippen molar-refractivity contribution >= 4 is 23.5 Å². The first-order valence-electron chi connectivity index (χ1n) is 6.90. The molecule has 18 heavy (non-hydrogen) atoms. The van der Waals surface area contributed by atoms with Crippen molar-refractivity contribution in [2.24, 2.45) is 11.1 Å². The van der Waals surface area contributed by atoms with E-state index in [9.17, 15) is 0 Å². The summed E-state index contributed by atoms with van der Waals surface area (Å²) >= 11 is 4.03. The number of hydrogen-bond acceptors (Lipinski definition) is 4. The Morgan fingerprint density at radius 1 is 1.39 bits per heavy atom. The molecular formula is C14H30N2S2. The molecule has 0 bridgehead atoms. The van der Waals surface area contributed by atoms with Crippen LogP contribution in [0.2, 0.25) is 0 Å². The Kier molecular flexibility index (Phi) is 6.36. The molecule has 2 N–H and O–H groups in total. The quantitative estimate of drug-likeness (QED) is 0.814. The Balaban J connectivity index is 2.85. The second kappa shape index (κ2) is 6.87. The molecule has 2 atom stereocenters. The number of rotatable bonds is 6. The van der Waals surface area contributed by atoms with E-state index in [1.807, 2.05) is 11.8 Å². The average Bonchev–Trinajstić information content (AvgIpc) is 2.33. The zero-order valence-electron chi connectivity index (χ0n) is 12.7. The van der Waals surface area contributed by atoms with E-state index in [2.05, 4.69) is 50.7 Å². The van der Waals surface area contributed by atoms with Crippen molar-refractivity contribution in [2.75, 3.05) is 37.1 Å². The number of nitrogens with two attached hydrogens (primary N) is 1. The molecule has 0 saturated carbocycles. The van der Waals surface area contributed by atoms with Crippen LogP contribution in [0.1, 0.15) is 33.6 Å². The smallest absolute Gasteiger partial charge is 0.0427 e. The van der Waals surface area contributed by atoms with Gasteiger partial charge in [-0.25, -0.2) is 0 Å². The SMILES string of the molecule is CCC(CSC)N(C)C1(CN)CSCC(C)(C)C1. The van der Waals surface area contributed by atoms with E-state index < -0.39 is 0 Å². The summed E-state index contributed by atoms with van der Waals surface area (Å²) in [6.45, 7) is 7.84. The minimum Gasteiger partial charge on any atom is -0.329 e. The molecule has 1 rings (SSSR count). The van der Waals surface area contributed by atoms with Gasteiger partial charge in [0.25, 0.3) is 0 Å². The highest BCUT2D eigenvalue weighted by atomic mass is 32.2. The van der Waals surface area contributed by atoms with Crippen LogP contribution in [-0.4, -0.2) is 53.6 Å². The lowest BCUT2D eigenvalue weighted by atomic mass is 9.78. The van der Waals surface area contributed by atoms with Gasteiger partial charge in [-0.15, -0.1) is 0 Å². The summed E-state index contributed by atoms with van der Waals surface area (Å²) in [5, 5.41) is 0. The van der Waals surface area contributed by atoms with Crippen LogP contribution in [0.5, 0.6) is 0 Å². The molecule has 1 aliphatic rings. The maximum Gasteiger partial charge on any atom is 0.0427 e. The Labute approximate surface area is 122 Å². The first-order chi connectivity index (χ1) is 8.40. The maximum atomic E-state index is 6.19. The molecule has 4 heteroatoms. The van der Waals surface area contributed by atoms with Crippen molar-refractivity contribution < 1.29 is 0 Å². The summed E-state index contributed by atoms with van der Waals surface area (Å²) in [7, 11) is 2.29. The second-order valence-corrected chi connectivity index (χ2v) is 8.29. The highest BCUT2D eigenvalue weighted by Crippen LogP contribution is 2.42. The van der Waals surface area contributed by atoms with Crippen molar-refractivity contribution in [1.29, 1.82) is 0 Å². The standard InChI is InChI=1S/C14H30N2S2/c1-6-12(7-17-5)16(4)14(9-15)8-13(2,3)10-18-11-14/h12H,6-11,15H2,1-5H3. The fraction of sp³-hybridized carbons (Fsp3) is 1.00. The van der Waals surface area contributed by atoms with Crippen LogP contribution in [0, 0.1) is 5.41 Å². The van der Waals surface area contributed by atoms with Crippen molar-refractivity contribution in [1.82, 2.24) is 4.90 Å². The van der Waals surface area contributed by atoms with Crippen molar-refractivity contribution in [2.45, 2.75) is 45.2 Å². The van der Waals surface area contributed by atoms with Crippen LogP contribution in [0.15, 0.2) is 0 Å². The van der Waals surface area contributed by atoms with Gasteiger partial charge in [-0.2, -0.15) is 23.5 Å². The largest absolute Gasteiger partial charge is 0.329 e. The third-order valence-electron chi connectivity index (χ3n) is 4.18. The van der Waals surface area contributed by atoms with Gasteiger partial charge in [0.2, 0.25) is 0 Å². The molecule has 2 unspecified atom stereocenters. The third kappa shape index (κ3) is 3.81. The Hall–Kier alpha value is 0.620. The minimum atomic E-state index is 0.197. The molecule has 0 aromatic heterocycles. The lowest BCUT2D eigenvalue weighted by molar-refractivity contribution is 0.0614. The Morgan fingerprint density at radius 3 is 2.50 bits per heavy atom. The monoisotopic (exact) mass is 290 g/mol. The average molecular weight is 291 g/mol. The highest BCUT2D eigenvalue weighted by molar-refractivity contribution is 7.99. The van der Waals surface area contributed by atoms with Crippen LogP contribution in [0.4, 0.5) is 0 Å². The van der Waals surface area contributed by atoms with Gasteiger partial charge >= 0.3 is 0 Å². The first kappa shape index (κ1) is 16.7. The fourth-order valence-corrected chi connectivity index (χ4v) is 5.50. The van der Waals surface area contributed by atoms with E-state index in [0.29, 0.717) is 11.5 Å². The van der Waals surface area contributed by atoms with Gasteiger partial charge in [0.1, 0.15) is 0 Å². The summed E-state index contributed by atoms with van der Waals surface area (Å²) in [5.74, 6) is 3.66. The predicted molar refractivity (Wildman–Crippen MR) is 87.7 cm³/mol. The van der Waals surface area contributed by atoms with Crippen LogP contribution in [0.3, 0.4) is 0 Å². The van der Waals surface area contributed by atoms with E-state index in [-0.39, 0.29) is 5.54 Å². The Bertz CT molecular complexity index is 258. The zero-order chi connectivity index (χ0) is 13.8. The molecule has 2 nitrogen and oxygen atoms in total.